The van der Waals surface area contributed by atoms with E-state index in [1.807, 2.05) is 0 Å². The Labute approximate surface area is 61.0 Å². The van der Waals surface area contributed by atoms with Crippen LogP contribution in [0.1, 0.15) is 15.1 Å². The van der Waals surface area contributed by atoms with Gasteiger partial charge in [-0.3, -0.25) is 10.1 Å². The van der Waals surface area contributed by atoms with Gasteiger partial charge in [0.15, 0.2) is 0 Å². The van der Waals surface area contributed by atoms with Crippen molar-refractivity contribution in [2.45, 2.75) is 6.85 Å². The van der Waals surface area contributed by atoms with Gasteiger partial charge >= 0.3 is 6.03 Å². The first-order valence-electron chi connectivity index (χ1n) is 5.16. The molecule has 9 heavy (non-hydrogen) atoms. The summed E-state index contributed by atoms with van der Waals surface area (Å²) in [6, 6.07) is -1.16. The molecule has 1 aliphatic rings. The van der Waals surface area contributed by atoms with E-state index < -0.39 is 31.2 Å². The normalized spacial score (nSPS) is 52.0. The lowest BCUT2D eigenvalue weighted by molar-refractivity contribution is -0.123. The van der Waals surface area contributed by atoms with Gasteiger partial charge in [0.25, 0.3) is 0 Å². The minimum Gasteiger partial charge on any atom is -0.337 e. The van der Waals surface area contributed by atoms with Gasteiger partial charge in [-0.2, -0.15) is 0 Å². The second kappa shape index (κ2) is 2.05. The molecule has 4 nitrogen and oxygen atoms in total. The van der Waals surface area contributed by atoms with Crippen molar-refractivity contribution in [3.63, 3.8) is 0 Å². The molecule has 4 heteroatoms. The molecule has 0 aromatic rings. The van der Waals surface area contributed by atoms with E-state index in [1.54, 1.807) is 10.6 Å². The molecular weight excluding hydrogens is 120 g/mol. The third kappa shape index (κ3) is 1.19. The van der Waals surface area contributed by atoms with Gasteiger partial charge in [0.1, 0.15) is 0 Å². The Morgan fingerprint density at radius 1 is 2.00 bits per heavy atom. The lowest BCUT2D eigenvalue weighted by Gasteiger charge is -2.17. The molecule has 50 valence electrons. The van der Waals surface area contributed by atoms with Crippen molar-refractivity contribution in [3.05, 3.63) is 0 Å². The molecule has 0 spiro atoms. The van der Waals surface area contributed by atoms with Crippen LogP contribution < -0.4 is 10.6 Å². The Bertz CT molecular complexity index is 326. The van der Waals surface area contributed by atoms with Crippen LogP contribution in [0.15, 0.2) is 0 Å². The number of imide groups is 1. The molecule has 1 heterocycles. The zero-order chi connectivity index (χ0) is 12.1. The van der Waals surface area contributed by atoms with Crippen LogP contribution in [0.5, 0.6) is 0 Å². The number of urea groups is 1. The van der Waals surface area contributed by atoms with Crippen LogP contribution in [0, 0.1) is 5.89 Å². The fraction of sp³-hybridized carbons (Fsp3) is 0.600. The highest BCUT2D eigenvalue weighted by molar-refractivity contribution is 5.97. The molecule has 0 aliphatic carbocycles. The number of carbonyl (C=O) groups excluding carboxylic acids is 2. The average molecular weight is 134 g/mol. The smallest absolute Gasteiger partial charge is 0.321 e. The van der Waals surface area contributed by atoms with Crippen molar-refractivity contribution < 1.29 is 17.8 Å². The molecule has 2 N–H and O–H groups in total. The maximum atomic E-state index is 11.2. The Balaban J connectivity index is 3.26. The molecule has 0 aromatic heterocycles. The number of hydrogen-bond acceptors (Lipinski definition) is 2. The summed E-state index contributed by atoms with van der Waals surface area (Å²) in [7, 11) is 0. The molecule has 1 unspecified atom stereocenters. The van der Waals surface area contributed by atoms with Crippen LogP contribution in [-0.4, -0.2) is 18.4 Å². The van der Waals surface area contributed by atoms with Gasteiger partial charge in [-0.05, 0) is 0 Å². The predicted octanol–water partition coefficient (Wildman–Crippen LogP) is -0.538. The standard InChI is InChI=1S/C5H8N2O2/c1-3-2-6-5(9)7-4(3)8/h3H,2H2,1H3,(H2,6,7,8,9)/i1D3,2D2,3D. The van der Waals surface area contributed by atoms with Gasteiger partial charge in [0.05, 0.1) is 5.89 Å². The van der Waals surface area contributed by atoms with E-state index in [0.29, 0.717) is 0 Å². The van der Waals surface area contributed by atoms with Crippen LogP contribution in [0.3, 0.4) is 0 Å². The summed E-state index contributed by atoms with van der Waals surface area (Å²) < 4.78 is 42.8. The first kappa shape index (κ1) is 1.97. The third-order valence-corrected chi connectivity index (χ3v) is 0.755. The summed E-state index contributed by atoms with van der Waals surface area (Å²) in [5.41, 5.74) is 0. The SMILES string of the molecule is [2H]C([2H])([2H])C1([2H])C(=O)NC(=O)NC1([2H])[2H]. The van der Waals surface area contributed by atoms with Crippen LogP contribution in [0.2, 0.25) is 0 Å². The van der Waals surface area contributed by atoms with Crippen molar-refractivity contribution in [2.24, 2.45) is 5.89 Å². The number of hydrogen-bond donors (Lipinski definition) is 2. The summed E-state index contributed by atoms with van der Waals surface area (Å²) >= 11 is 0. The van der Waals surface area contributed by atoms with Crippen LogP contribution in [-0.2, 0) is 4.79 Å². The molecule has 0 saturated carbocycles. The van der Waals surface area contributed by atoms with E-state index in [0.717, 1.165) is 0 Å². The highest BCUT2D eigenvalue weighted by Gasteiger charge is 2.20. The monoisotopic (exact) mass is 134 g/mol. The summed E-state index contributed by atoms with van der Waals surface area (Å²) in [4.78, 5) is 22.0. The number of nitrogens with one attached hydrogen (secondary N) is 2. The lowest BCUT2D eigenvalue weighted by Crippen LogP contribution is -2.51. The topological polar surface area (TPSA) is 58.2 Å². The van der Waals surface area contributed by atoms with Crippen molar-refractivity contribution in [1.29, 1.82) is 0 Å². The van der Waals surface area contributed by atoms with Crippen molar-refractivity contribution in [3.8, 4) is 0 Å². The fourth-order valence-corrected chi connectivity index (χ4v) is 0.373. The molecule has 0 bridgehead atoms. The second-order valence-corrected chi connectivity index (χ2v) is 1.41. The first-order valence-corrected chi connectivity index (χ1v) is 2.16. The number of carbonyl (C=O) groups is 2. The second-order valence-electron chi connectivity index (χ2n) is 1.41. The van der Waals surface area contributed by atoms with E-state index in [1.165, 1.54) is 0 Å². The summed E-state index contributed by atoms with van der Waals surface area (Å²) in [5.74, 6) is -4.52. The zero-order valence-corrected chi connectivity index (χ0v) is 4.32. The Morgan fingerprint density at radius 2 is 2.78 bits per heavy atom. The van der Waals surface area contributed by atoms with Gasteiger partial charge < -0.3 is 5.32 Å². The minimum atomic E-state index is -3.19. The van der Waals surface area contributed by atoms with Crippen LogP contribution in [0.4, 0.5) is 4.79 Å². The molecule has 0 aromatic carbocycles. The Kier molecular flexibility index (Phi) is 0.447. The Hall–Kier alpha value is -1.06. The van der Waals surface area contributed by atoms with Crippen molar-refractivity contribution in [2.75, 3.05) is 6.50 Å². The average Bonchev–Trinajstić information content (AvgIpc) is 1.96. The van der Waals surface area contributed by atoms with E-state index >= 15 is 0 Å². The summed E-state index contributed by atoms with van der Waals surface area (Å²) in [6.45, 7) is -6.13. The highest BCUT2D eigenvalue weighted by Crippen LogP contribution is 1.95. The number of rotatable bonds is 0. The molecule has 1 fully saturated rings. The lowest BCUT2D eigenvalue weighted by atomic mass is 10.1. The molecule has 1 atom stereocenters. The van der Waals surface area contributed by atoms with Crippen LogP contribution in [0.25, 0.3) is 0 Å². The van der Waals surface area contributed by atoms with E-state index in [9.17, 15) is 9.59 Å². The predicted molar refractivity (Wildman–Crippen MR) is 30.7 cm³/mol. The molecular formula is C5H8N2O2. The molecule has 1 aliphatic heterocycles. The number of amides is 3. The minimum absolute atomic E-state index is 1.16. The Morgan fingerprint density at radius 3 is 3.33 bits per heavy atom. The van der Waals surface area contributed by atoms with Crippen molar-refractivity contribution in [1.82, 2.24) is 10.6 Å². The van der Waals surface area contributed by atoms with E-state index in [2.05, 4.69) is 0 Å². The van der Waals surface area contributed by atoms with Crippen LogP contribution >= 0.6 is 0 Å². The van der Waals surface area contributed by atoms with Gasteiger partial charge in [0.2, 0.25) is 5.91 Å². The molecule has 1 saturated heterocycles. The van der Waals surface area contributed by atoms with E-state index in [4.69, 9.17) is 8.22 Å². The highest BCUT2D eigenvalue weighted by atomic mass is 16.2. The van der Waals surface area contributed by atoms with Gasteiger partial charge in [0, 0.05) is 14.7 Å². The van der Waals surface area contributed by atoms with Gasteiger partial charge in [-0.1, -0.05) is 6.85 Å². The quantitative estimate of drug-likeness (QED) is 0.467. The third-order valence-electron chi connectivity index (χ3n) is 0.755. The molecule has 1 rings (SSSR count). The first-order chi connectivity index (χ1) is 6.52. The van der Waals surface area contributed by atoms with Gasteiger partial charge in [-0.25, -0.2) is 4.79 Å². The fourth-order valence-electron chi connectivity index (χ4n) is 0.373. The van der Waals surface area contributed by atoms with Gasteiger partial charge in [-0.15, -0.1) is 0 Å². The maximum Gasteiger partial charge on any atom is 0.321 e. The largest absolute Gasteiger partial charge is 0.337 e. The zero-order valence-electron chi connectivity index (χ0n) is 10.3. The van der Waals surface area contributed by atoms with Crippen molar-refractivity contribution >= 4 is 11.9 Å². The molecule has 3 amide bonds. The molecule has 0 radical (unpaired) electrons. The maximum absolute atomic E-state index is 11.2. The van der Waals surface area contributed by atoms with E-state index in [-0.39, 0.29) is 0 Å². The summed E-state index contributed by atoms with van der Waals surface area (Å²) in [5, 5.41) is 3.15. The summed E-state index contributed by atoms with van der Waals surface area (Å²) in [6.07, 6.45) is 0.